The first-order chi connectivity index (χ1) is 15.0. The van der Waals surface area contributed by atoms with Gasteiger partial charge in [-0.3, -0.25) is 0 Å². The van der Waals surface area contributed by atoms with Crippen molar-refractivity contribution in [1.29, 1.82) is 0 Å². The maximum Gasteiger partial charge on any atom is 0.225 e. The second kappa shape index (κ2) is 9.77. The molecule has 0 spiro atoms. The maximum absolute atomic E-state index is 13.8. The highest BCUT2D eigenvalue weighted by Crippen LogP contribution is 2.29. The van der Waals surface area contributed by atoms with Gasteiger partial charge in [-0.15, -0.1) is 0 Å². The molecule has 1 heterocycles. The summed E-state index contributed by atoms with van der Waals surface area (Å²) < 4.78 is 13.8. The highest BCUT2D eigenvalue weighted by atomic mass is 32.1. The van der Waals surface area contributed by atoms with Gasteiger partial charge in [-0.2, -0.15) is 4.98 Å². The van der Waals surface area contributed by atoms with Crippen molar-refractivity contribution in [2.75, 3.05) is 29.6 Å². The summed E-state index contributed by atoms with van der Waals surface area (Å²) in [5, 5.41) is 10.3. The summed E-state index contributed by atoms with van der Waals surface area (Å²) in [6, 6.07) is 7.19. The van der Waals surface area contributed by atoms with Crippen molar-refractivity contribution in [3.8, 4) is 0 Å². The molecule has 0 unspecified atom stereocenters. The van der Waals surface area contributed by atoms with Crippen molar-refractivity contribution in [1.82, 2.24) is 15.3 Å². The molecule has 0 aliphatic heterocycles. The molecule has 166 valence electrons. The predicted octanol–water partition coefficient (Wildman–Crippen LogP) is 4.27. The van der Waals surface area contributed by atoms with Crippen LogP contribution in [0.1, 0.15) is 49.8 Å². The summed E-state index contributed by atoms with van der Waals surface area (Å²) in [5.41, 5.74) is 2.91. The number of thiocarbonyl (C=S) groups is 1. The Bertz CT molecular complexity index is 926. The van der Waals surface area contributed by atoms with Crippen LogP contribution in [-0.4, -0.2) is 41.3 Å². The molecule has 2 aromatic rings. The topological polar surface area (TPSA) is 65.1 Å². The van der Waals surface area contributed by atoms with Gasteiger partial charge in [0.25, 0.3) is 0 Å². The van der Waals surface area contributed by atoms with Crippen LogP contribution in [0.15, 0.2) is 24.3 Å². The standard InChI is InChI=1S/C23H31FN6S/c1-30(2)21-17-7-3-5-9-19(17)27-22(29-21)25-15-11-13-16(14-12-15)26-23(31)28-20-10-6-4-8-18(20)24/h4,6,8,10,15-16H,3,5,7,9,11-14H2,1-2H3,(H,25,27,29)(H2,26,28,31)/t15-,16+. The Balaban J connectivity index is 1.31. The molecular formula is C23H31FN6S. The molecule has 2 aliphatic carbocycles. The first-order valence-corrected chi connectivity index (χ1v) is 11.6. The average Bonchev–Trinajstić information content (AvgIpc) is 2.76. The number of benzene rings is 1. The first kappa shape index (κ1) is 21.7. The number of rotatable bonds is 5. The summed E-state index contributed by atoms with van der Waals surface area (Å²) in [4.78, 5) is 11.8. The van der Waals surface area contributed by atoms with Crippen LogP contribution in [0.5, 0.6) is 0 Å². The number of fused-ring (bicyclic) bond motifs is 1. The van der Waals surface area contributed by atoms with Gasteiger partial charge in [0.15, 0.2) is 5.11 Å². The fourth-order valence-corrected chi connectivity index (χ4v) is 4.76. The van der Waals surface area contributed by atoms with E-state index < -0.39 is 0 Å². The Morgan fingerprint density at radius 1 is 1.03 bits per heavy atom. The van der Waals surface area contributed by atoms with Crippen molar-refractivity contribution >= 4 is 34.8 Å². The number of nitrogens with zero attached hydrogens (tertiary/aromatic N) is 3. The molecule has 1 aromatic heterocycles. The number of aromatic nitrogens is 2. The van der Waals surface area contributed by atoms with Gasteiger partial charge >= 0.3 is 0 Å². The van der Waals surface area contributed by atoms with Crippen molar-refractivity contribution in [3.05, 3.63) is 41.3 Å². The molecule has 0 amide bonds. The monoisotopic (exact) mass is 442 g/mol. The predicted molar refractivity (Wildman–Crippen MR) is 128 cm³/mol. The van der Waals surface area contributed by atoms with Crippen LogP contribution in [-0.2, 0) is 12.8 Å². The molecule has 1 aromatic carbocycles. The SMILES string of the molecule is CN(C)c1nc(N[C@H]2CC[C@@H](NC(=S)Nc3ccccc3F)CC2)nc2c1CCCC2. The van der Waals surface area contributed by atoms with E-state index in [1.165, 1.54) is 30.2 Å². The smallest absolute Gasteiger partial charge is 0.225 e. The van der Waals surface area contributed by atoms with Crippen LogP contribution >= 0.6 is 12.2 Å². The fraction of sp³-hybridized carbons (Fsp3) is 0.522. The van der Waals surface area contributed by atoms with Crippen LogP contribution in [0.3, 0.4) is 0 Å². The third-order valence-electron chi connectivity index (χ3n) is 6.10. The molecule has 3 N–H and O–H groups in total. The number of aryl methyl sites for hydroxylation is 1. The number of hydrogen-bond acceptors (Lipinski definition) is 5. The van der Waals surface area contributed by atoms with Crippen molar-refractivity contribution in [2.45, 2.75) is 63.5 Å². The Morgan fingerprint density at radius 2 is 1.74 bits per heavy atom. The van der Waals surface area contributed by atoms with E-state index in [1.54, 1.807) is 18.2 Å². The summed E-state index contributed by atoms with van der Waals surface area (Å²) in [5.74, 6) is 1.49. The molecular weight excluding hydrogens is 411 g/mol. The quantitative estimate of drug-likeness (QED) is 0.598. The van der Waals surface area contributed by atoms with Gasteiger partial charge in [0, 0.05) is 31.7 Å². The average molecular weight is 443 g/mol. The summed E-state index contributed by atoms with van der Waals surface area (Å²) >= 11 is 5.38. The van der Waals surface area contributed by atoms with E-state index in [1.807, 2.05) is 0 Å². The van der Waals surface area contributed by atoms with Gasteiger partial charge in [0.05, 0.1) is 11.4 Å². The molecule has 1 fully saturated rings. The molecule has 4 rings (SSSR count). The molecule has 0 saturated heterocycles. The van der Waals surface area contributed by atoms with Crippen LogP contribution in [0, 0.1) is 5.82 Å². The fourth-order valence-electron chi connectivity index (χ4n) is 4.48. The summed E-state index contributed by atoms with van der Waals surface area (Å²) in [6.45, 7) is 0. The number of hydrogen-bond donors (Lipinski definition) is 3. The van der Waals surface area contributed by atoms with Gasteiger partial charge in [-0.1, -0.05) is 12.1 Å². The molecule has 6 nitrogen and oxygen atoms in total. The van der Waals surface area contributed by atoms with Gasteiger partial charge in [-0.05, 0) is 75.7 Å². The number of para-hydroxylation sites is 1. The highest BCUT2D eigenvalue weighted by molar-refractivity contribution is 7.80. The van der Waals surface area contributed by atoms with E-state index in [2.05, 4.69) is 34.9 Å². The van der Waals surface area contributed by atoms with Crippen molar-refractivity contribution in [2.24, 2.45) is 0 Å². The normalized spacial score (nSPS) is 20.5. The molecule has 1 saturated carbocycles. The number of anilines is 3. The third kappa shape index (κ3) is 5.42. The summed E-state index contributed by atoms with van der Waals surface area (Å²) in [7, 11) is 4.10. The van der Waals surface area contributed by atoms with Crippen LogP contribution in [0.2, 0.25) is 0 Å². The second-order valence-corrected chi connectivity index (χ2v) is 9.08. The highest BCUT2D eigenvalue weighted by Gasteiger charge is 2.24. The van der Waals surface area contributed by atoms with Crippen LogP contribution in [0.4, 0.5) is 21.8 Å². The minimum atomic E-state index is -0.304. The van der Waals surface area contributed by atoms with Gasteiger partial charge in [0.2, 0.25) is 5.95 Å². The van der Waals surface area contributed by atoms with Gasteiger partial charge < -0.3 is 20.9 Å². The molecule has 0 atom stereocenters. The molecule has 8 heteroatoms. The van der Waals surface area contributed by atoms with Crippen molar-refractivity contribution < 1.29 is 4.39 Å². The van der Waals surface area contributed by atoms with E-state index in [0.29, 0.717) is 16.8 Å². The number of nitrogens with one attached hydrogen (secondary N) is 3. The minimum absolute atomic E-state index is 0.284. The Kier molecular flexibility index (Phi) is 6.85. The second-order valence-electron chi connectivity index (χ2n) is 8.67. The van der Waals surface area contributed by atoms with E-state index in [9.17, 15) is 4.39 Å². The lowest BCUT2D eigenvalue weighted by molar-refractivity contribution is 0.387. The lowest BCUT2D eigenvalue weighted by Gasteiger charge is -2.31. The van der Waals surface area contributed by atoms with E-state index in [0.717, 1.165) is 50.3 Å². The van der Waals surface area contributed by atoms with E-state index in [4.69, 9.17) is 22.2 Å². The lowest BCUT2D eigenvalue weighted by atomic mass is 9.91. The van der Waals surface area contributed by atoms with E-state index in [-0.39, 0.29) is 11.9 Å². The van der Waals surface area contributed by atoms with Crippen LogP contribution < -0.4 is 20.9 Å². The molecule has 0 radical (unpaired) electrons. The Labute approximate surface area is 189 Å². The van der Waals surface area contributed by atoms with Gasteiger partial charge in [0.1, 0.15) is 11.6 Å². The largest absolute Gasteiger partial charge is 0.362 e. The zero-order chi connectivity index (χ0) is 21.8. The van der Waals surface area contributed by atoms with Crippen LogP contribution in [0.25, 0.3) is 0 Å². The third-order valence-corrected chi connectivity index (χ3v) is 6.32. The molecule has 31 heavy (non-hydrogen) atoms. The zero-order valence-electron chi connectivity index (χ0n) is 18.2. The minimum Gasteiger partial charge on any atom is -0.362 e. The first-order valence-electron chi connectivity index (χ1n) is 11.2. The molecule has 0 bridgehead atoms. The number of halogens is 1. The Morgan fingerprint density at radius 3 is 2.48 bits per heavy atom. The lowest BCUT2D eigenvalue weighted by Crippen LogP contribution is -2.42. The van der Waals surface area contributed by atoms with Crippen molar-refractivity contribution in [3.63, 3.8) is 0 Å². The molecule has 2 aliphatic rings. The van der Waals surface area contributed by atoms with Gasteiger partial charge in [-0.25, -0.2) is 9.37 Å². The zero-order valence-corrected chi connectivity index (χ0v) is 19.1. The van der Waals surface area contributed by atoms with E-state index >= 15 is 0 Å². The maximum atomic E-state index is 13.8. The summed E-state index contributed by atoms with van der Waals surface area (Å²) in [6.07, 6.45) is 8.53. The Hall–Kier alpha value is -2.48.